The molecule has 0 saturated heterocycles. The van der Waals surface area contributed by atoms with Crippen molar-refractivity contribution in [2.75, 3.05) is 10.8 Å². The maximum Gasteiger partial charge on any atom is 0.264 e. The highest BCUT2D eigenvalue weighted by atomic mass is 32.2. The van der Waals surface area contributed by atoms with Crippen LogP contribution in [0.4, 0.5) is 10.1 Å². The lowest BCUT2D eigenvalue weighted by molar-refractivity contribution is -0.139. The molecule has 2 unspecified atom stereocenters. The Morgan fingerprint density at radius 3 is 2.16 bits per heavy atom. The quantitative estimate of drug-likeness (QED) is 0.384. The minimum Gasteiger partial charge on any atom is -0.352 e. The van der Waals surface area contributed by atoms with Crippen LogP contribution in [0.3, 0.4) is 0 Å². The van der Waals surface area contributed by atoms with Gasteiger partial charge in [-0.3, -0.25) is 13.9 Å². The van der Waals surface area contributed by atoms with Gasteiger partial charge in [0.2, 0.25) is 11.8 Å². The average Bonchev–Trinajstić information content (AvgIpc) is 2.91. The van der Waals surface area contributed by atoms with Crippen LogP contribution in [0.2, 0.25) is 0 Å². The summed E-state index contributed by atoms with van der Waals surface area (Å²) in [6, 6.07) is 19.6. The van der Waals surface area contributed by atoms with Crippen molar-refractivity contribution in [3.63, 3.8) is 0 Å². The number of nitrogens with zero attached hydrogens (tertiary/aromatic N) is 2. The Morgan fingerprint density at radius 2 is 1.53 bits per heavy atom. The van der Waals surface area contributed by atoms with Crippen LogP contribution in [-0.4, -0.2) is 43.8 Å². The third-order valence-electron chi connectivity index (χ3n) is 6.46. The van der Waals surface area contributed by atoms with E-state index >= 15 is 0 Å². The normalized spacial score (nSPS) is 12.9. The molecule has 38 heavy (non-hydrogen) atoms. The molecule has 0 aliphatic heterocycles. The lowest BCUT2D eigenvalue weighted by Gasteiger charge is -2.33. The van der Waals surface area contributed by atoms with E-state index in [1.54, 1.807) is 62.4 Å². The lowest BCUT2D eigenvalue weighted by atomic mass is 10.1. The Labute approximate surface area is 224 Å². The standard InChI is InChI=1S/C29H34FN3O4S/c1-5-22(3)31-29(35)23(4)32(19-24-14-10-11-17-26(24)30)28(34)20-33(27-18-12-9-13-21(27)2)38(36,37)25-15-7-6-8-16-25/h6-18,22-23H,5,19-20H2,1-4H3,(H,31,35). The Bertz CT molecular complexity index is 1370. The van der Waals surface area contributed by atoms with Gasteiger partial charge in [0.1, 0.15) is 18.4 Å². The monoisotopic (exact) mass is 539 g/mol. The SMILES string of the molecule is CCC(C)NC(=O)C(C)N(Cc1ccccc1F)C(=O)CN(c1ccccc1C)S(=O)(=O)c1ccccc1. The van der Waals surface area contributed by atoms with Gasteiger partial charge < -0.3 is 10.2 Å². The van der Waals surface area contributed by atoms with E-state index in [9.17, 15) is 22.4 Å². The highest BCUT2D eigenvalue weighted by Gasteiger charge is 2.33. The molecule has 3 aromatic rings. The number of rotatable bonds is 11. The van der Waals surface area contributed by atoms with Crippen LogP contribution in [-0.2, 0) is 26.2 Å². The third kappa shape index (κ3) is 6.77. The Hall–Kier alpha value is -3.72. The number of carbonyl (C=O) groups is 2. The highest BCUT2D eigenvalue weighted by Crippen LogP contribution is 2.27. The number of hydrogen-bond donors (Lipinski definition) is 1. The first-order chi connectivity index (χ1) is 18.1. The van der Waals surface area contributed by atoms with Gasteiger partial charge >= 0.3 is 0 Å². The van der Waals surface area contributed by atoms with Crippen molar-refractivity contribution < 1.29 is 22.4 Å². The molecule has 0 bridgehead atoms. The highest BCUT2D eigenvalue weighted by molar-refractivity contribution is 7.92. The third-order valence-corrected chi connectivity index (χ3v) is 8.24. The molecule has 2 amide bonds. The molecule has 9 heteroatoms. The number of amides is 2. The van der Waals surface area contributed by atoms with E-state index in [-0.39, 0.29) is 23.0 Å². The second-order valence-corrected chi connectivity index (χ2v) is 11.1. The number of benzene rings is 3. The van der Waals surface area contributed by atoms with Crippen molar-refractivity contribution in [2.24, 2.45) is 0 Å². The molecule has 0 radical (unpaired) electrons. The number of halogens is 1. The molecule has 0 heterocycles. The van der Waals surface area contributed by atoms with E-state index in [1.165, 1.54) is 35.2 Å². The van der Waals surface area contributed by atoms with E-state index < -0.39 is 40.2 Å². The van der Waals surface area contributed by atoms with Crippen molar-refractivity contribution in [1.29, 1.82) is 0 Å². The van der Waals surface area contributed by atoms with Gasteiger partial charge in [0.05, 0.1) is 10.6 Å². The van der Waals surface area contributed by atoms with Gasteiger partial charge in [-0.05, 0) is 57.0 Å². The number of carbonyl (C=O) groups excluding carboxylic acids is 2. The molecule has 2 atom stereocenters. The van der Waals surface area contributed by atoms with Gasteiger partial charge in [-0.15, -0.1) is 0 Å². The number of para-hydroxylation sites is 1. The molecule has 0 spiro atoms. The van der Waals surface area contributed by atoms with E-state index in [0.29, 0.717) is 17.7 Å². The lowest BCUT2D eigenvalue weighted by Crippen LogP contribution is -2.52. The topological polar surface area (TPSA) is 86.8 Å². The van der Waals surface area contributed by atoms with Crippen LogP contribution in [0.1, 0.15) is 38.3 Å². The molecule has 1 N–H and O–H groups in total. The van der Waals surface area contributed by atoms with Crippen LogP contribution in [0, 0.1) is 12.7 Å². The van der Waals surface area contributed by atoms with Gasteiger partial charge in [0, 0.05) is 18.2 Å². The second-order valence-electron chi connectivity index (χ2n) is 9.22. The summed E-state index contributed by atoms with van der Waals surface area (Å²) in [5.41, 5.74) is 1.22. The van der Waals surface area contributed by atoms with Crippen molar-refractivity contribution >= 4 is 27.5 Å². The van der Waals surface area contributed by atoms with Gasteiger partial charge in [0.15, 0.2) is 0 Å². The predicted octanol–water partition coefficient (Wildman–Crippen LogP) is 4.66. The first-order valence-corrected chi connectivity index (χ1v) is 14.0. The number of aryl methyl sites for hydroxylation is 1. The fraction of sp³-hybridized carbons (Fsp3) is 0.310. The Balaban J connectivity index is 2.04. The largest absolute Gasteiger partial charge is 0.352 e. The van der Waals surface area contributed by atoms with Crippen LogP contribution >= 0.6 is 0 Å². The number of nitrogens with one attached hydrogen (secondary N) is 1. The number of hydrogen-bond acceptors (Lipinski definition) is 4. The molecule has 0 fully saturated rings. The summed E-state index contributed by atoms with van der Waals surface area (Å²) in [5.74, 6) is -1.56. The summed E-state index contributed by atoms with van der Waals surface area (Å²) in [7, 11) is -4.14. The predicted molar refractivity (Wildman–Crippen MR) is 146 cm³/mol. The van der Waals surface area contributed by atoms with E-state index in [1.807, 2.05) is 13.8 Å². The molecule has 3 rings (SSSR count). The molecule has 0 saturated carbocycles. The zero-order valence-corrected chi connectivity index (χ0v) is 22.9. The number of sulfonamides is 1. The molecule has 0 aliphatic carbocycles. The van der Waals surface area contributed by atoms with Gasteiger partial charge in [-0.1, -0.05) is 61.5 Å². The van der Waals surface area contributed by atoms with Crippen molar-refractivity contribution in [3.05, 3.63) is 95.8 Å². The first kappa shape index (κ1) is 28.8. The Morgan fingerprint density at radius 1 is 0.921 bits per heavy atom. The second kappa shape index (κ2) is 12.7. The molecule has 7 nitrogen and oxygen atoms in total. The minimum absolute atomic E-state index is 0.0271. The van der Waals surface area contributed by atoms with E-state index in [0.717, 1.165) is 4.31 Å². The zero-order valence-electron chi connectivity index (χ0n) is 22.1. The molecular formula is C29H34FN3O4S. The van der Waals surface area contributed by atoms with Crippen molar-refractivity contribution in [1.82, 2.24) is 10.2 Å². The first-order valence-electron chi connectivity index (χ1n) is 12.5. The van der Waals surface area contributed by atoms with Gasteiger partial charge in [-0.25, -0.2) is 12.8 Å². The fourth-order valence-electron chi connectivity index (χ4n) is 3.93. The van der Waals surface area contributed by atoms with Gasteiger partial charge in [0.25, 0.3) is 10.0 Å². The van der Waals surface area contributed by atoms with Crippen LogP contribution < -0.4 is 9.62 Å². The maximum atomic E-state index is 14.6. The average molecular weight is 540 g/mol. The van der Waals surface area contributed by atoms with Crippen LogP contribution in [0.15, 0.2) is 83.8 Å². The summed E-state index contributed by atoms with van der Waals surface area (Å²) in [5, 5.41) is 2.86. The van der Waals surface area contributed by atoms with E-state index in [2.05, 4.69) is 5.32 Å². The molecule has 202 valence electrons. The smallest absolute Gasteiger partial charge is 0.264 e. The van der Waals surface area contributed by atoms with Gasteiger partial charge in [-0.2, -0.15) is 0 Å². The van der Waals surface area contributed by atoms with Crippen molar-refractivity contribution in [2.45, 2.75) is 57.6 Å². The minimum atomic E-state index is -4.14. The zero-order chi connectivity index (χ0) is 27.9. The Kier molecular flexibility index (Phi) is 9.63. The molecular weight excluding hydrogens is 505 g/mol. The number of anilines is 1. The maximum absolute atomic E-state index is 14.6. The fourth-order valence-corrected chi connectivity index (χ4v) is 5.43. The summed E-state index contributed by atoms with van der Waals surface area (Å²) >= 11 is 0. The summed E-state index contributed by atoms with van der Waals surface area (Å²) in [6.45, 7) is 6.31. The van der Waals surface area contributed by atoms with Crippen LogP contribution in [0.25, 0.3) is 0 Å². The molecule has 3 aromatic carbocycles. The van der Waals surface area contributed by atoms with E-state index in [4.69, 9.17) is 0 Å². The van der Waals surface area contributed by atoms with Crippen molar-refractivity contribution in [3.8, 4) is 0 Å². The molecule has 0 aromatic heterocycles. The van der Waals surface area contributed by atoms with Crippen LogP contribution in [0.5, 0.6) is 0 Å². The summed E-state index contributed by atoms with van der Waals surface area (Å²) in [6.07, 6.45) is 0.691. The molecule has 0 aliphatic rings. The summed E-state index contributed by atoms with van der Waals surface area (Å²) < 4.78 is 43.2. The summed E-state index contributed by atoms with van der Waals surface area (Å²) in [4.78, 5) is 28.1.